The highest BCUT2D eigenvalue weighted by Gasteiger charge is 2.33. The van der Waals surface area contributed by atoms with E-state index >= 15 is 8.78 Å². The van der Waals surface area contributed by atoms with Crippen LogP contribution < -0.4 is 24.6 Å². The SMILES string of the molecule is CCCC(C)N1Cc2nc(N3CCN(CC4CCN(c5c(F)cc(Oc6c(-c7ccc(Br)cc7)sc7cc(OCc8ccccc8)ccc67)cc5F)CC4)CC3)ccc2C1=O.O=CNC=O. The molecule has 0 radical (unpaired) electrons. The van der Waals surface area contributed by atoms with E-state index in [2.05, 4.69) is 39.6 Å². The van der Waals surface area contributed by atoms with Crippen molar-refractivity contribution in [2.24, 2.45) is 5.92 Å². The predicted molar refractivity (Wildman–Crippen MR) is 260 cm³/mol. The fourth-order valence-electron chi connectivity index (χ4n) is 8.99. The number of hydrogen-bond acceptors (Lipinski definition) is 10. The zero-order valence-corrected chi connectivity index (χ0v) is 39.5. The molecule has 9 rings (SSSR count). The monoisotopic (exact) mass is 978 g/mol. The Morgan fingerprint density at radius 2 is 1.58 bits per heavy atom. The highest BCUT2D eigenvalue weighted by atomic mass is 79.9. The molecule has 0 saturated carbocycles. The van der Waals surface area contributed by atoms with Gasteiger partial charge in [0.15, 0.2) is 17.4 Å². The van der Waals surface area contributed by atoms with Crippen LogP contribution in [0.25, 0.3) is 20.5 Å². The highest BCUT2D eigenvalue weighted by molar-refractivity contribution is 9.10. The molecule has 5 heterocycles. The van der Waals surface area contributed by atoms with Gasteiger partial charge < -0.3 is 29.5 Å². The van der Waals surface area contributed by atoms with Crippen molar-refractivity contribution in [2.45, 2.75) is 58.7 Å². The highest BCUT2D eigenvalue weighted by Crippen LogP contribution is 2.48. The second-order valence-corrected chi connectivity index (χ2v) is 18.9. The minimum atomic E-state index is -0.626. The van der Waals surface area contributed by atoms with Gasteiger partial charge in [0.2, 0.25) is 12.8 Å². The standard InChI is InChI=1S/C49H50BrF2N5O3S.C2H3NO2/c1-3-7-32(2)57-30-43-39(49(57)58)16-17-45(53-43)55-24-22-54(23-25-55)29-33-18-20-56(21-19-33)46-41(51)26-38(27-42(46)52)60-47-40-15-14-37(59-31-34-8-5-4-6-9-34)28-44(40)61-48(47)35-10-12-36(50)13-11-35;4-1-3-2-5/h4-6,8-17,26-28,32-33H,3,7,18-25,29-31H2,1-2H3;1-2H,(H,3,4,5). The van der Waals surface area contributed by atoms with Gasteiger partial charge in [-0.15, -0.1) is 11.3 Å². The largest absolute Gasteiger partial charge is 0.489 e. The molecule has 11 nitrogen and oxygen atoms in total. The number of ether oxygens (including phenoxy) is 2. The van der Waals surface area contributed by atoms with Gasteiger partial charge in [0.1, 0.15) is 29.6 Å². The van der Waals surface area contributed by atoms with Crippen LogP contribution in [0.15, 0.2) is 102 Å². The Labute approximate surface area is 396 Å². The number of piperazine rings is 1. The van der Waals surface area contributed by atoms with E-state index in [0.29, 0.717) is 50.7 Å². The van der Waals surface area contributed by atoms with E-state index in [1.165, 1.54) is 12.1 Å². The first-order chi connectivity index (χ1) is 32.1. The maximum Gasteiger partial charge on any atom is 0.256 e. The molecular weight excluding hydrogens is 927 g/mol. The lowest BCUT2D eigenvalue weighted by atomic mass is 9.95. The molecule has 3 aliphatic heterocycles. The third-order valence-electron chi connectivity index (χ3n) is 12.5. The molecule has 2 saturated heterocycles. The van der Waals surface area contributed by atoms with Gasteiger partial charge in [-0.05, 0) is 85.7 Å². The molecule has 1 unspecified atom stereocenters. The molecule has 3 amide bonds. The number of piperidine rings is 1. The Bertz CT molecular complexity index is 2610. The quantitative estimate of drug-likeness (QED) is 0.101. The summed E-state index contributed by atoms with van der Waals surface area (Å²) >= 11 is 5.08. The van der Waals surface area contributed by atoms with Gasteiger partial charge in [-0.1, -0.05) is 71.7 Å². The third-order valence-corrected chi connectivity index (χ3v) is 14.2. The summed E-state index contributed by atoms with van der Waals surface area (Å²) in [4.78, 5) is 45.6. The molecule has 3 aliphatic rings. The summed E-state index contributed by atoms with van der Waals surface area (Å²) in [6, 6.07) is 30.6. The average Bonchev–Trinajstić information content (AvgIpc) is 3.86. The van der Waals surface area contributed by atoms with Crippen LogP contribution >= 0.6 is 27.3 Å². The molecule has 6 aromatic rings. The van der Waals surface area contributed by atoms with E-state index in [0.717, 1.165) is 112 Å². The van der Waals surface area contributed by atoms with Crippen LogP contribution in [0.2, 0.25) is 0 Å². The Balaban J connectivity index is 0.00000112. The number of aromatic nitrogens is 1. The van der Waals surface area contributed by atoms with Gasteiger partial charge in [0.25, 0.3) is 5.91 Å². The van der Waals surface area contributed by atoms with Crippen molar-refractivity contribution in [3.8, 4) is 27.7 Å². The lowest BCUT2D eigenvalue weighted by Gasteiger charge is -2.39. The van der Waals surface area contributed by atoms with Crippen molar-refractivity contribution in [2.75, 3.05) is 55.6 Å². The van der Waals surface area contributed by atoms with E-state index in [4.69, 9.17) is 24.0 Å². The summed E-state index contributed by atoms with van der Waals surface area (Å²) in [6.07, 6.45) is 4.38. The lowest BCUT2D eigenvalue weighted by Crippen LogP contribution is -2.49. The molecule has 66 heavy (non-hydrogen) atoms. The number of carbonyl (C=O) groups is 3. The molecule has 1 N–H and O–H groups in total. The van der Waals surface area contributed by atoms with Gasteiger partial charge in [0.05, 0.1) is 22.7 Å². The van der Waals surface area contributed by atoms with Crippen LogP contribution in [0.5, 0.6) is 17.2 Å². The van der Waals surface area contributed by atoms with Crippen LogP contribution in [0, 0.1) is 17.6 Å². The predicted octanol–water partition coefficient (Wildman–Crippen LogP) is 10.4. The zero-order valence-electron chi connectivity index (χ0n) is 37.1. The number of pyridine rings is 1. The lowest BCUT2D eigenvalue weighted by molar-refractivity contribution is -0.117. The normalized spacial score (nSPS) is 15.8. The number of carbonyl (C=O) groups excluding carboxylic acids is 3. The van der Waals surface area contributed by atoms with Crippen molar-refractivity contribution < 1.29 is 32.6 Å². The van der Waals surface area contributed by atoms with Crippen molar-refractivity contribution in [3.05, 3.63) is 130 Å². The smallest absolute Gasteiger partial charge is 0.256 e. The molecule has 0 bridgehead atoms. The van der Waals surface area contributed by atoms with Gasteiger partial charge in [-0.25, -0.2) is 13.8 Å². The molecule has 0 spiro atoms. The Kier molecular flexibility index (Phi) is 15.3. The number of nitrogens with zero attached hydrogens (tertiary/aromatic N) is 5. The van der Waals surface area contributed by atoms with Crippen LogP contribution in [0.4, 0.5) is 20.3 Å². The second kappa shape index (κ2) is 21.6. The zero-order chi connectivity index (χ0) is 46.2. The number of thiophene rings is 1. The molecule has 4 aromatic carbocycles. The van der Waals surface area contributed by atoms with Gasteiger partial charge in [0, 0.05) is 78.5 Å². The number of nitrogens with one attached hydrogen (secondary N) is 1. The van der Waals surface area contributed by atoms with Gasteiger partial charge >= 0.3 is 0 Å². The Morgan fingerprint density at radius 3 is 2.24 bits per heavy atom. The maximum atomic E-state index is 16.0. The molecule has 2 aromatic heterocycles. The van der Waals surface area contributed by atoms with Crippen LogP contribution in [-0.2, 0) is 22.7 Å². The van der Waals surface area contributed by atoms with Crippen molar-refractivity contribution in [1.29, 1.82) is 0 Å². The van der Waals surface area contributed by atoms with E-state index in [9.17, 15) is 4.79 Å². The molecule has 15 heteroatoms. The summed E-state index contributed by atoms with van der Waals surface area (Å²) in [7, 11) is 0. The van der Waals surface area contributed by atoms with E-state index in [1.54, 1.807) is 16.7 Å². The number of halogens is 3. The number of fused-ring (bicyclic) bond motifs is 2. The van der Waals surface area contributed by atoms with Crippen molar-refractivity contribution in [3.63, 3.8) is 0 Å². The molecular formula is C51H53BrF2N6O5S. The molecule has 0 aliphatic carbocycles. The van der Waals surface area contributed by atoms with E-state index in [1.807, 2.05) is 94.7 Å². The van der Waals surface area contributed by atoms with Crippen LogP contribution in [0.1, 0.15) is 61.1 Å². The van der Waals surface area contributed by atoms with Crippen LogP contribution in [-0.4, -0.2) is 85.4 Å². The van der Waals surface area contributed by atoms with Crippen molar-refractivity contribution >= 4 is 67.6 Å². The summed E-state index contributed by atoms with van der Waals surface area (Å²) in [5.74, 6) is 1.63. The van der Waals surface area contributed by atoms with Gasteiger partial charge in [-0.2, -0.15) is 0 Å². The molecule has 2 fully saturated rings. The third kappa shape index (κ3) is 10.9. The maximum absolute atomic E-state index is 16.0. The average molecular weight is 980 g/mol. The molecule has 1 atom stereocenters. The first-order valence-electron chi connectivity index (χ1n) is 22.4. The fourth-order valence-corrected chi connectivity index (χ4v) is 10.4. The number of benzene rings is 4. The number of rotatable bonds is 15. The van der Waals surface area contributed by atoms with Crippen molar-refractivity contribution in [1.82, 2.24) is 20.1 Å². The van der Waals surface area contributed by atoms with E-state index in [-0.39, 0.29) is 23.4 Å². The topological polar surface area (TPSA) is 108 Å². The number of amides is 3. The minimum absolute atomic E-state index is 0.00872. The van der Waals surface area contributed by atoms with Gasteiger partial charge in [-0.3, -0.25) is 19.3 Å². The first kappa shape index (κ1) is 46.6. The fraction of sp³-hybridized carbons (Fsp3) is 0.333. The second-order valence-electron chi connectivity index (χ2n) is 16.9. The van der Waals surface area contributed by atoms with E-state index < -0.39 is 11.6 Å². The minimum Gasteiger partial charge on any atom is -0.489 e. The summed E-state index contributed by atoms with van der Waals surface area (Å²) in [6.45, 7) is 11.0. The number of hydrogen-bond donors (Lipinski definition) is 1. The summed E-state index contributed by atoms with van der Waals surface area (Å²) in [5, 5.41) is 2.59. The van der Waals surface area contributed by atoms with Crippen LogP contribution in [0.3, 0.4) is 0 Å². The molecule has 344 valence electrons. The summed E-state index contributed by atoms with van der Waals surface area (Å²) in [5.41, 5.74) is 3.64. The Morgan fingerprint density at radius 1 is 0.864 bits per heavy atom. The Hall–Kier alpha value is -5.90. The summed E-state index contributed by atoms with van der Waals surface area (Å²) < 4.78 is 46.4. The number of anilines is 2. The first-order valence-corrected chi connectivity index (χ1v) is 24.1. The number of imide groups is 1.